The molecule has 0 bridgehead atoms. The van der Waals surface area contributed by atoms with Gasteiger partial charge < -0.3 is 10.2 Å². The zero-order valence-electron chi connectivity index (χ0n) is 12.0. The molecule has 3 rings (SSSR count). The first-order valence-corrected chi connectivity index (χ1v) is 7.17. The minimum absolute atomic E-state index is 0.0815. The fourth-order valence-electron chi connectivity index (χ4n) is 2.52. The number of rotatable bonds is 4. The van der Waals surface area contributed by atoms with E-state index in [1.165, 1.54) is 0 Å². The molecule has 5 nitrogen and oxygen atoms in total. The van der Waals surface area contributed by atoms with Gasteiger partial charge in [0.15, 0.2) is 0 Å². The number of hydrogen-bond donors (Lipinski definition) is 1. The summed E-state index contributed by atoms with van der Waals surface area (Å²) in [6.07, 6.45) is 6.72. The van der Waals surface area contributed by atoms with Crippen LogP contribution in [0.3, 0.4) is 0 Å². The quantitative estimate of drug-likeness (QED) is 0.936. The third-order valence-corrected chi connectivity index (χ3v) is 3.66. The van der Waals surface area contributed by atoms with Crippen LogP contribution in [-0.2, 0) is 4.79 Å². The lowest BCUT2D eigenvalue weighted by Crippen LogP contribution is -2.23. The number of anilines is 2. The van der Waals surface area contributed by atoms with Crippen molar-refractivity contribution < 1.29 is 4.79 Å². The minimum Gasteiger partial charge on any atom is -0.377 e. The molecule has 1 unspecified atom stereocenters. The van der Waals surface area contributed by atoms with Crippen molar-refractivity contribution in [2.45, 2.75) is 25.8 Å². The normalized spacial score (nSPS) is 16.0. The standard InChI is InChI=1S/C16H18N4O/c1-12(15-11-17-8-9-18-15)19-13-4-6-14(7-5-13)20-10-2-3-16(20)21/h4-9,11-12,19H,2-3,10H2,1H3. The van der Waals surface area contributed by atoms with Gasteiger partial charge in [-0.2, -0.15) is 0 Å². The molecule has 21 heavy (non-hydrogen) atoms. The number of carbonyl (C=O) groups is 1. The van der Waals surface area contributed by atoms with Crippen molar-refractivity contribution in [3.8, 4) is 0 Å². The smallest absolute Gasteiger partial charge is 0.227 e. The summed E-state index contributed by atoms with van der Waals surface area (Å²) in [5.41, 5.74) is 2.87. The van der Waals surface area contributed by atoms with E-state index in [0.717, 1.165) is 30.0 Å². The number of benzene rings is 1. The van der Waals surface area contributed by atoms with Crippen molar-refractivity contribution in [3.63, 3.8) is 0 Å². The topological polar surface area (TPSA) is 58.1 Å². The molecule has 1 atom stereocenters. The van der Waals surface area contributed by atoms with Crippen molar-refractivity contribution >= 4 is 17.3 Å². The van der Waals surface area contributed by atoms with E-state index in [-0.39, 0.29) is 11.9 Å². The van der Waals surface area contributed by atoms with E-state index in [9.17, 15) is 4.79 Å². The van der Waals surface area contributed by atoms with Gasteiger partial charge in [0.2, 0.25) is 5.91 Å². The zero-order chi connectivity index (χ0) is 14.7. The van der Waals surface area contributed by atoms with Crippen molar-refractivity contribution in [1.29, 1.82) is 0 Å². The first kappa shape index (κ1) is 13.5. The molecule has 1 saturated heterocycles. The molecule has 0 aliphatic carbocycles. The van der Waals surface area contributed by atoms with E-state index in [4.69, 9.17) is 0 Å². The Morgan fingerprint density at radius 3 is 2.67 bits per heavy atom. The summed E-state index contributed by atoms with van der Waals surface area (Å²) in [5, 5.41) is 3.38. The Balaban J connectivity index is 1.68. The van der Waals surface area contributed by atoms with Crippen molar-refractivity contribution in [2.24, 2.45) is 0 Å². The zero-order valence-corrected chi connectivity index (χ0v) is 12.0. The van der Waals surface area contributed by atoms with E-state index in [2.05, 4.69) is 15.3 Å². The Hall–Kier alpha value is -2.43. The maximum absolute atomic E-state index is 11.7. The van der Waals surface area contributed by atoms with Gasteiger partial charge in [-0.25, -0.2) is 0 Å². The molecule has 1 aromatic heterocycles. The molecule has 1 N–H and O–H groups in total. The Morgan fingerprint density at radius 1 is 1.24 bits per heavy atom. The first-order valence-electron chi connectivity index (χ1n) is 7.17. The van der Waals surface area contributed by atoms with E-state index in [1.54, 1.807) is 18.6 Å². The summed E-state index contributed by atoms with van der Waals surface area (Å²) < 4.78 is 0. The van der Waals surface area contributed by atoms with Gasteiger partial charge in [0.05, 0.1) is 17.9 Å². The lowest BCUT2D eigenvalue weighted by Gasteiger charge is -2.18. The molecule has 1 aliphatic rings. The average Bonchev–Trinajstić information content (AvgIpc) is 2.95. The second kappa shape index (κ2) is 5.91. The molecule has 2 heterocycles. The molecule has 5 heteroatoms. The molecular formula is C16H18N4O. The third-order valence-electron chi connectivity index (χ3n) is 3.66. The first-order chi connectivity index (χ1) is 10.2. The predicted molar refractivity (Wildman–Crippen MR) is 82.1 cm³/mol. The number of aromatic nitrogens is 2. The van der Waals surface area contributed by atoms with Gasteiger partial charge in [-0.1, -0.05) is 0 Å². The summed E-state index contributed by atoms with van der Waals surface area (Å²) in [5.74, 6) is 0.212. The van der Waals surface area contributed by atoms with E-state index in [1.807, 2.05) is 36.1 Å². The summed E-state index contributed by atoms with van der Waals surface area (Å²) in [4.78, 5) is 21.9. The van der Waals surface area contributed by atoms with Crippen LogP contribution in [0.25, 0.3) is 0 Å². The van der Waals surface area contributed by atoms with Crippen molar-refractivity contribution in [2.75, 3.05) is 16.8 Å². The largest absolute Gasteiger partial charge is 0.377 e. The molecule has 0 spiro atoms. The Labute approximate surface area is 124 Å². The maximum Gasteiger partial charge on any atom is 0.227 e. The molecular weight excluding hydrogens is 264 g/mol. The number of carbonyl (C=O) groups excluding carboxylic acids is 1. The molecule has 2 aromatic rings. The van der Waals surface area contributed by atoms with Gasteiger partial charge in [0.25, 0.3) is 0 Å². The van der Waals surface area contributed by atoms with Crippen LogP contribution in [0.15, 0.2) is 42.9 Å². The highest BCUT2D eigenvalue weighted by atomic mass is 16.2. The second-order valence-electron chi connectivity index (χ2n) is 5.19. The van der Waals surface area contributed by atoms with E-state index < -0.39 is 0 Å². The van der Waals surface area contributed by atoms with Crippen LogP contribution < -0.4 is 10.2 Å². The SMILES string of the molecule is CC(Nc1ccc(N2CCCC2=O)cc1)c1cnccn1. The third kappa shape index (κ3) is 3.02. The minimum atomic E-state index is 0.0815. The van der Waals surface area contributed by atoms with Crippen LogP contribution in [0.5, 0.6) is 0 Å². The Morgan fingerprint density at radius 2 is 2.05 bits per heavy atom. The second-order valence-corrected chi connectivity index (χ2v) is 5.19. The summed E-state index contributed by atoms with van der Waals surface area (Å²) >= 11 is 0. The highest BCUT2D eigenvalue weighted by molar-refractivity contribution is 5.95. The molecule has 1 aliphatic heterocycles. The van der Waals surface area contributed by atoms with Crippen LogP contribution in [-0.4, -0.2) is 22.4 Å². The predicted octanol–water partition coefficient (Wildman–Crippen LogP) is 2.78. The number of hydrogen-bond acceptors (Lipinski definition) is 4. The average molecular weight is 282 g/mol. The molecule has 1 amide bonds. The summed E-state index contributed by atoms with van der Waals surface area (Å²) in [6, 6.07) is 8.03. The molecule has 0 radical (unpaired) electrons. The van der Waals surface area contributed by atoms with Crippen molar-refractivity contribution in [1.82, 2.24) is 9.97 Å². The van der Waals surface area contributed by atoms with Gasteiger partial charge in [-0.05, 0) is 37.6 Å². The fourth-order valence-corrected chi connectivity index (χ4v) is 2.52. The molecule has 1 fully saturated rings. The van der Waals surface area contributed by atoms with Crippen LogP contribution in [0.4, 0.5) is 11.4 Å². The van der Waals surface area contributed by atoms with Gasteiger partial charge in [0, 0.05) is 36.7 Å². The lowest BCUT2D eigenvalue weighted by atomic mass is 10.2. The molecule has 1 aromatic carbocycles. The Bertz CT molecular complexity index is 612. The van der Waals surface area contributed by atoms with Gasteiger partial charge in [-0.15, -0.1) is 0 Å². The van der Waals surface area contributed by atoms with Crippen LogP contribution in [0.1, 0.15) is 31.5 Å². The van der Waals surface area contributed by atoms with E-state index >= 15 is 0 Å². The Kier molecular flexibility index (Phi) is 3.81. The summed E-state index contributed by atoms with van der Waals surface area (Å²) in [6.45, 7) is 2.86. The lowest BCUT2D eigenvalue weighted by molar-refractivity contribution is -0.117. The fraction of sp³-hybridized carbons (Fsp3) is 0.312. The number of nitrogens with zero attached hydrogens (tertiary/aromatic N) is 3. The molecule has 0 saturated carbocycles. The molecule has 108 valence electrons. The maximum atomic E-state index is 11.7. The highest BCUT2D eigenvalue weighted by Crippen LogP contribution is 2.24. The van der Waals surface area contributed by atoms with Crippen LogP contribution >= 0.6 is 0 Å². The van der Waals surface area contributed by atoms with Gasteiger partial charge >= 0.3 is 0 Å². The summed E-state index contributed by atoms with van der Waals surface area (Å²) in [7, 11) is 0. The number of amides is 1. The van der Waals surface area contributed by atoms with Gasteiger partial charge in [0.1, 0.15) is 0 Å². The van der Waals surface area contributed by atoms with Crippen molar-refractivity contribution in [3.05, 3.63) is 48.5 Å². The highest BCUT2D eigenvalue weighted by Gasteiger charge is 2.21. The van der Waals surface area contributed by atoms with Crippen LogP contribution in [0.2, 0.25) is 0 Å². The van der Waals surface area contributed by atoms with Gasteiger partial charge in [-0.3, -0.25) is 14.8 Å². The van der Waals surface area contributed by atoms with Crippen LogP contribution in [0, 0.1) is 0 Å². The van der Waals surface area contributed by atoms with E-state index in [0.29, 0.717) is 6.42 Å². The monoisotopic (exact) mass is 282 g/mol. The number of nitrogens with one attached hydrogen (secondary N) is 1.